The average molecular weight is 986 g/mol. The van der Waals surface area contributed by atoms with Crippen molar-refractivity contribution in [1.82, 2.24) is 0 Å². The Bertz CT molecular complexity index is 4380. The Labute approximate surface area is 444 Å². The van der Waals surface area contributed by atoms with Gasteiger partial charge in [0.1, 0.15) is 33.5 Å². The number of fused-ring (bicyclic) bond motifs is 19. The second-order valence-electron chi connectivity index (χ2n) is 20.0. The summed E-state index contributed by atoms with van der Waals surface area (Å²) in [6.07, 6.45) is 0. The Morgan fingerprint density at radius 3 is 1.42 bits per heavy atom. The van der Waals surface area contributed by atoms with Crippen molar-refractivity contribution in [2.24, 2.45) is 10.9 Å². The van der Waals surface area contributed by atoms with Crippen LogP contribution < -0.4 is 0 Å². The molecule has 13 aromatic rings. The summed E-state index contributed by atoms with van der Waals surface area (Å²) in [6.45, 7) is 14.9. The smallest absolute Gasteiger partial charge is 0.136 e. The van der Waals surface area contributed by atoms with Crippen LogP contribution in [0.5, 0.6) is 0 Å². The van der Waals surface area contributed by atoms with Crippen LogP contribution in [0.1, 0.15) is 99.4 Å². The van der Waals surface area contributed by atoms with Gasteiger partial charge in [0.05, 0.1) is 11.5 Å². The zero-order valence-corrected chi connectivity index (χ0v) is 44.1. The molecule has 4 heteroatoms. The van der Waals surface area contributed by atoms with Gasteiger partial charge in [0.15, 0.2) is 0 Å². The van der Waals surface area contributed by atoms with Crippen molar-refractivity contribution in [3.8, 4) is 33.4 Å². The Kier molecular flexibility index (Phi) is 11.5. The molecule has 0 fully saturated rings. The fraction of sp³-hybridized carbons (Fsp3) is 0.153. The average Bonchev–Trinajstić information content (AvgIpc) is 4.49. The van der Waals surface area contributed by atoms with Crippen LogP contribution in [0.3, 0.4) is 0 Å². The summed E-state index contributed by atoms with van der Waals surface area (Å²) in [5, 5.41) is 6.65. The maximum Gasteiger partial charge on any atom is 0.136 e. The summed E-state index contributed by atoms with van der Waals surface area (Å²) in [5.74, 6) is 0.00798. The molecule has 3 heterocycles. The van der Waals surface area contributed by atoms with Crippen LogP contribution in [0.2, 0.25) is 0 Å². The minimum Gasteiger partial charge on any atom is -0.456 e. The topological polar surface area (TPSA) is 51.8 Å². The monoisotopic (exact) mass is 985 g/mol. The number of rotatable bonds is 7. The van der Waals surface area contributed by atoms with E-state index >= 15 is 0 Å². The van der Waals surface area contributed by atoms with Gasteiger partial charge < -0.3 is 13.3 Å². The van der Waals surface area contributed by atoms with Crippen molar-refractivity contribution in [1.29, 1.82) is 0 Å². The third kappa shape index (κ3) is 6.86. The Morgan fingerprint density at radius 1 is 0.368 bits per heavy atom. The summed E-state index contributed by atoms with van der Waals surface area (Å²) in [5.41, 5.74) is 22.3. The fourth-order valence-electron chi connectivity index (χ4n) is 13.0. The number of hydrogen-bond donors (Lipinski definition) is 0. The molecule has 15 rings (SSSR count). The normalized spacial score (nSPS) is 14.3. The van der Waals surface area contributed by atoms with Crippen LogP contribution in [-0.2, 0) is 5.41 Å². The molecule has 1 spiro atoms. The highest BCUT2D eigenvalue weighted by molar-refractivity contribution is 6.20. The molecule has 0 saturated heterocycles. The molecular formula is C72H59NO3. The molecule has 3 atom stereocenters. The minimum atomic E-state index is -0.374. The molecule has 370 valence electrons. The second-order valence-corrected chi connectivity index (χ2v) is 20.0. The van der Waals surface area contributed by atoms with E-state index in [2.05, 4.69) is 215 Å². The van der Waals surface area contributed by atoms with Gasteiger partial charge in [0.25, 0.3) is 0 Å². The van der Waals surface area contributed by atoms with Crippen LogP contribution in [0.15, 0.2) is 231 Å². The predicted molar refractivity (Wildman–Crippen MR) is 318 cm³/mol. The molecule has 0 N–H and O–H groups in total. The molecule has 3 unspecified atom stereocenters. The van der Waals surface area contributed by atoms with Gasteiger partial charge in [-0.25, -0.2) is 0 Å². The number of aliphatic imine (C=N–C) groups is 1. The zero-order valence-electron chi connectivity index (χ0n) is 44.1. The number of hydrogen-bond acceptors (Lipinski definition) is 4. The zero-order chi connectivity index (χ0) is 51.8. The lowest BCUT2D eigenvalue weighted by Gasteiger charge is -2.30. The van der Waals surface area contributed by atoms with Crippen molar-refractivity contribution >= 4 is 71.5 Å². The van der Waals surface area contributed by atoms with E-state index in [1.807, 2.05) is 45.9 Å². The summed E-state index contributed by atoms with van der Waals surface area (Å²) in [6, 6.07) is 76.7. The Balaban J connectivity index is 0.00000135. The highest BCUT2D eigenvalue weighted by atomic mass is 16.3. The molecular weight excluding hydrogens is 927 g/mol. The molecule has 4 nitrogen and oxygen atoms in total. The highest BCUT2D eigenvalue weighted by Gasteiger charge is 2.51. The molecule has 2 aliphatic rings. The number of nitrogens with zero attached hydrogens (tertiary/aromatic N) is 1. The van der Waals surface area contributed by atoms with E-state index in [0.717, 1.165) is 88.2 Å². The summed E-state index contributed by atoms with van der Waals surface area (Å²) >= 11 is 0. The van der Waals surface area contributed by atoms with Crippen molar-refractivity contribution in [3.63, 3.8) is 0 Å². The lowest BCUT2D eigenvalue weighted by atomic mass is 9.70. The lowest BCUT2D eigenvalue weighted by molar-refractivity contribution is 0.620. The van der Waals surface area contributed by atoms with Crippen LogP contribution in [0, 0.1) is 5.92 Å². The quantitative estimate of drug-likeness (QED) is 0.150. The second kappa shape index (κ2) is 18.6. The first-order valence-electron chi connectivity index (χ1n) is 27.2. The van der Waals surface area contributed by atoms with Crippen molar-refractivity contribution in [3.05, 3.63) is 251 Å². The molecule has 0 radical (unpaired) electrons. The number of furan rings is 3. The molecule has 3 aromatic heterocycles. The molecule has 76 heavy (non-hydrogen) atoms. The van der Waals surface area contributed by atoms with Crippen LogP contribution in [0.4, 0.5) is 0 Å². The van der Waals surface area contributed by atoms with E-state index in [1.54, 1.807) is 0 Å². The van der Waals surface area contributed by atoms with E-state index in [9.17, 15) is 0 Å². The molecule has 0 amide bonds. The first-order chi connectivity index (χ1) is 37.5. The lowest BCUT2D eigenvalue weighted by Crippen LogP contribution is -2.25. The third-order valence-corrected chi connectivity index (χ3v) is 16.4. The van der Waals surface area contributed by atoms with E-state index in [0.29, 0.717) is 0 Å². The molecule has 10 aromatic carbocycles. The van der Waals surface area contributed by atoms with E-state index in [1.165, 1.54) is 55.6 Å². The minimum absolute atomic E-state index is 0.0271. The van der Waals surface area contributed by atoms with Crippen LogP contribution in [0.25, 0.3) is 99.2 Å². The van der Waals surface area contributed by atoms with Gasteiger partial charge in [-0.3, -0.25) is 4.99 Å². The molecule has 0 aliphatic heterocycles. The predicted octanol–water partition coefficient (Wildman–Crippen LogP) is 20.4. The summed E-state index contributed by atoms with van der Waals surface area (Å²) < 4.78 is 19.6. The van der Waals surface area contributed by atoms with Gasteiger partial charge in [-0.1, -0.05) is 205 Å². The SMILES string of the molecule is CC.CC.CC(N=C(c1cccc2oc3ccccc3c12)C(C)C(C)c1cccc2oc3ccc(-c4ccc5c(c4)-c4ccccc4C54c5ccccc5-c5ccccc54)cc3c12)c1cccc2oc3ccccc3c12. The van der Waals surface area contributed by atoms with Gasteiger partial charge in [-0.15, -0.1) is 0 Å². The first-order valence-corrected chi connectivity index (χ1v) is 27.2. The van der Waals surface area contributed by atoms with E-state index in [4.69, 9.17) is 18.2 Å². The van der Waals surface area contributed by atoms with Crippen molar-refractivity contribution in [2.45, 2.75) is 65.8 Å². The molecule has 0 bridgehead atoms. The molecule has 0 saturated carbocycles. The van der Waals surface area contributed by atoms with Crippen molar-refractivity contribution in [2.75, 3.05) is 0 Å². The Morgan fingerprint density at radius 2 is 0.803 bits per heavy atom. The largest absolute Gasteiger partial charge is 0.456 e. The maximum absolute atomic E-state index is 6.74. The van der Waals surface area contributed by atoms with Gasteiger partial charge in [-0.2, -0.15) is 0 Å². The Hall–Kier alpha value is -8.73. The summed E-state index contributed by atoms with van der Waals surface area (Å²) in [4.78, 5) is 5.83. The van der Waals surface area contributed by atoms with Crippen LogP contribution in [-0.4, -0.2) is 5.71 Å². The standard InChI is InChI=1S/C68H47NO3.2C2H6/c1-39(40(2)67(51-24-16-32-63-66(51)50-21-8-13-29-59(50)71-63)69-41(3)45-23-15-31-62-65(45)49-20-7-12-28-58(49)70-62)44-22-14-30-61-64(44)53-38-43(34-36-60(53)72-61)42-33-35-57-52(37-42)48-19-6-11-27-56(48)68(57)54-25-9-4-17-46(54)47-18-5-10-26-55(47)68;2*1-2/h4-41H,1-3H3;2*1-2H3. The van der Waals surface area contributed by atoms with Crippen molar-refractivity contribution < 1.29 is 13.3 Å². The summed E-state index contributed by atoms with van der Waals surface area (Å²) in [7, 11) is 0. The third-order valence-electron chi connectivity index (χ3n) is 16.4. The van der Waals surface area contributed by atoms with Gasteiger partial charge in [-0.05, 0) is 128 Å². The van der Waals surface area contributed by atoms with Gasteiger partial charge in [0, 0.05) is 49.5 Å². The highest BCUT2D eigenvalue weighted by Crippen LogP contribution is 2.63. The molecule has 2 aliphatic carbocycles. The van der Waals surface area contributed by atoms with Gasteiger partial charge in [0.2, 0.25) is 0 Å². The van der Waals surface area contributed by atoms with Gasteiger partial charge >= 0.3 is 0 Å². The maximum atomic E-state index is 6.74. The van der Waals surface area contributed by atoms with E-state index in [-0.39, 0.29) is 23.3 Å². The number of benzene rings is 10. The van der Waals surface area contributed by atoms with Crippen LogP contribution >= 0.6 is 0 Å². The first kappa shape index (κ1) is 47.0. The number of para-hydroxylation sites is 2. The fourth-order valence-corrected chi connectivity index (χ4v) is 13.0. The van der Waals surface area contributed by atoms with E-state index < -0.39 is 0 Å².